The van der Waals surface area contributed by atoms with Gasteiger partial charge >= 0.3 is 0 Å². The Morgan fingerprint density at radius 1 is 1.36 bits per heavy atom. The van der Waals surface area contributed by atoms with Gasteiger partial charge in [-0.3, -0.25) is 0 Å². The van der Waals surface area contributed by atoms with Crippen LogP contribution in [0, 0.1) is 0 Å². The van der Waals surface area contributed by atoms with E-state index in [1.807, 2.05) is 42.6 Å². The Kier molecular flexibility index (Phi) is 2.83. The van der Waals surface area contributed by atoms with Gasteiger partial charge in [0.25, 0.3) is 5.89 Å². The predicted octanol–water partition coefficient (Wildman–Crippen LogP) is 2.23. The molecule has 4 heterocycles. The zero-order valence-electron chi connectivity index (χ0n) is 12.3. The minimum Gasteiger partial charge on any atom is -0.334 e. The molecule has 0 saturated carbocycles. The van der Waals surface area contributed by atoms with Crippen molar-refractivity contribution >= 4 is 22.9 Å². The van der Waals surface area contributed by atoms with Crippen molar-refractivity contribution < 1.29 is 4.52 Å². The minimum absolute atomic E-state index is 0.0722. The molecule has 0 bridgehead atoms. The Labute approximate surface area is 130 Å². The summed E-state index contributed by atoms with van der Waals surface area (Å²) in [6.45, 7) is 4.01. The first-order valence-electron chi connectivity index (χ1n) is 6.76. The molecular weight excluding hydrogens is 302 g/mol. The molecule has 1 unspecified atom stereocenters. The SMILES string of the molecule is CC1=C(c2nc(-c3ccsc3)no2)C(C)n2nnnc2N1C. The van der Waals surface area contributed by atoms with Gasteiger partial charge in [-0.05, 0) is 35.7 Å². The fourth-order valence-electron chi connectivity index (χ4n) is 2.59. The van der Waals surface area contributed by atoms with Crippen molar-refractivity contribution in [2.45, 2.75) is 19.9 Å². The van der Waals surface area contributed by atoms with Crippen LogP contribution in [0.25, 0.3) is 17.0 Å². The molecule has 0 aromatic carbocycles. The average Bonchev–Trinajstić information content (AvgIpc) is 3.23. The summed E-state index contributed by atoms with van der Waals surface area (Å²) in [5.74, 6) is 1.79. The van der Waals surface area contributed by atoms with E-state index < -0.39 is 0 Å². The normalized spacial score (nSPS) is 18.0. The molecule has 3 aromatic heterocycles. The molecule has 9 heteroatoms. The molecule has 4 rings (SSSR count). The number of hydrogen-bond acceptors (Lipinski definition) is 8. The molecule has 0 radical (unpaired) electrons. The Balaban J connectivity index is 1.80. The number of hydrogen-bond donors (Lipinski definition) is 0. The molecular formula is C13H13N7OS. The number of allylic oxidation sites excluding steroid dienone is 2. The van der Waals surface area contributed by atoms with Crippen molar-refractivity contribution in [2.75, 3.05) is 11.9 Å². The van der Waals surface area contributed by atoms with Crippen LogP contribution in [-0.4, -0.2) is 37.4 Å². The summed E-state index contributed by atoms with van der Waals surface area (Å²) in [6, 6.07) is 1.90. The number of rotatable bonds is 2. The first kappa shape index (κ1) is 13.1. The molecule has 0 amide bonds. The van der Waals surface area contributed by atoms with E-state index >= 15 is 0 Å². The molecule has 0 aliphatic carbocycles. The van der Waals surface area contributed by atoms with E-state index in [4.69, 9.17) is 4.52 Å². The Morgan fingerprint density at radius 2 is 2.23 bits per heavy atom. The molecule has 0 spiro atoms. The third-order valence-corrected chi connectivity index (χ3v) is 4.57. The standard InChI is InChI=1S/C13H13N7OS/c1-7-10(8(2)20-13(19(7)3)15-17-18-20)12-14-11(16-21-12)9-4-5-22-6-9/h4-6,8H,1-3H3. The summed E-state index contributed by atoms with van der Waals surface area (Å²) < 4.78 is 7.23. The number of anilines is 1. The highest BCUT2D eigenvalue weighted by Crippen LogP contribution is 2.37. The van der Waals surface area contributed by atoms with Gasteiger partial charge in [-0.25, -0.2) is 4.68 Å². The number of fused-ring (bicyclic) bond motifs is 1. The number of thiophene rings is 1. The van der Waals surface area contributed by atoms with Gasteiger partial charge in [0.15, 0.2) is 0 Å². The van der Waals surface area contributed by atoms with Crippen molar-refractivity contribution in [3.8, 4) is 11.4 Å². The molecule has 1 atom stereocenters. The fourth-order valence-corrected chi connectivity index (χ4v) is 3.23. The maximum Gasteiger partial charge on any atom is 0.258 e. The number of tetrazole rings is 1. The van der Waals surface area contributed by atoms with Crippen LogP contribution in [-0.2, 0) is 0 Å². The zero-order chi connectivity index (χ0) is 15.3. The van der Waals surface area contributed by atoms with Crippen LogP contribution >= 0.6 is 11.3 Å². The van der Waals surface area contributed by atoms with Gasteiger partial charge in [-0.2, -0.15) is 16.3 Å². The van der Waals surface area contributed by atoms with Gasteiger partial charge in [-0.1, -0.05) is 10.3 Å². The maximum absolute atomic E-state index is 5.49. The smallest absolute Gasteiger partial charge is 0.258 e. The van der Waals surface area contributed by atoms with Crippen molar-refractivity contribution in [2.24, 2.45) is 0 Å². The van der Waals surface area contributed by atoms with Gasteiger partial charge in [-0.15, -0.1) is 0 Å². The van der Waals surface area contributed by atoms with Gasteiger partial charge in [0.2, 0.25) is 11.8 Å². The molecule has 22 heavy (non-hydrogen) atoms. The first-order chi connectivity index (χ1) is 10.7. The molecule has 1 aliphatic rings. The summed E-state index contributed by atoms with van der Waals surface area (Å²) in [6.07, 6.45) is 0. The van der Waals surface area contributed by atoms with E-state index in [2.05, 4.69) is 25.7 Å². The molecule has 112 valence electrons. The zero-order valence-corrected chi connectivity index (χ0v) is 13.1. The molecule has 1 aliphatic heterocycles. The van der Waals surface area contributed by atoms with Crippen molar-refractivity contribution in [1.29, 1.82) is 0 Å². The Bertz CT molecular complexity index is 848. The van der Waals surface area contributed by atoms with Gasteiger partial charge in [0.1, 0.15) is 0 Å². The minimum atomic E-state index is -0.0722. The number of aromatic nitrogens is 6. The highest BCUT2D eigenvalue weighted by molar-refractivity contribution is 7.08. The summed E-state index contributed by atoms with van der Waals surface area (Å²) in [5.41, 5.74) is 2.88. The Hall–Kier alpha value is -2.55. The third-order valence-electron chi connectivity index (χ3n) is 3.89. The highest BCUT2D eigenvalue weighted by atomic mass is 32.1. The molecule has 3 aromatic rings. The first-order valence-corrected chi connectivity index (χ1v) is 7.70. The second-order valence-corrected chi connectivity index (χ2v) is 5.87. The fraction of sp³-hybridized carbons (Fsp3) is 0.308. The van der Waals surface area contributed by atoms with Crippen LogP contribution in [0.15, 0.2) is 27.0 Å². The molecule has 0 N–H and O–H groups in total. The van der Waals surface area contributed by atoms with E-state index in [1.165, 1.54) is 0 Å². The Morgan fingerprint density at radius 3 is 3.00 bits per heavy atom. The van der Waals surface area contributed by atoms with Crippen LogP contribution < -0.4 is 4.90 Å². The summed E-state index contributed by atoms with van der Waals surface area (Å²) in [7, 11) is 1.92. The summed E-state index contributed by atoms with van der Waals surface area (Å²) in [5, 5.41) is 19.9. The lowest BCUT2D eigenvalue weighted by atomic mass is 10.0. The highest BCUT2D eigenvalue weighted by Gasteiger charge is 2.32. The summed E-state index contributed by atoms with van der Waals surface area (Å²) >= 11 is 1.60. The predicted molar refractivity (Wildman–Crippen MR) is 81.1 cm³/mol. The van der Waals surface area contributed by atoms with Gasteiger partial charge in [0, 0.05) is 23.7 Å². The van der Waals surface area contributed by atoms with Crippen LogP contribution in [0.3, 0.4) is 0 Å². The molecule has 0 saturated heterocycles. The largest absolute Gasteiger partial charge is 0.334 e. The topological polar surface area (TPSA) is 85.8 Å². The second-order valence-electron chi connectivity index (χ2n) is 5.09. The molecule has 8 nitrogen and oxygen atoms in total. The van der Waals surface area contributed by atoms with Crippen LogP contribution in [0.1, 0.15) is 25.8 Å². The van der Waals surface area contributed by atoms with Crippen LogP contribution in [0.5, 0.6) is 0 Å². The monoisotopic (exact) mass is 315 g/mol. The van der Waals surface area contributed by atoms with Crippen molar-refractivity contribution in [3.63, 3.8) is 0 Å². The lowest BCUT2D eigenvalue weighted by Crippen LogP contribution is -2.29. The second kappa shape index (κ2) is 4.73. The molecule has 0 fully saturated rings. The maximum atomic E-state index is 5.49. The van der Waals surface area contributed by atoms with E-state index in [0.717, 1.165) is 16.8 Å². The van der Waals surface area contributed by atoms with Gasteiger partial charge in [0.05, 0.1) is 11.6 Å². The van der Waals surface area contributed by atoms with E-state index in [9.17, 15) is 0 Å². The lowest BCUT2D eigenvalue weighted by Gasteiger charge is -2.29. The van der Waals surface area contributed by atoms with Crippen molar-refractivity contribution in [3.05, 3.63) is 28.4 Å². The van der Waals surface area contributed by atoms with Crippen molar-refractivity contribution in [1.82, 2.24) is 30.3 Å². The quantitative estimate of drug-likeness (QED) is 0.716. The lowest BCUT2D eigenvalue weighted by molar-refractivity contribution is 0.399. The van der Waals surface area contributed by atoms with E-state index in [1.54, 1.807) is 16.0 Å². The van der Waals surface area contributed by atoms with E-state index in [-0.39, 0.29) is 6.04 Å². The third kappa shape index (κ3) is 1.78. The van der Waals surface area contributed by atoms with Crippen LogP contribution in [0.4, 0.5) is 5.95 Å². The van der Waals surface area contributed by atoms with Gasteiger partial charge < -0.3 is 9.42 Å². The van der Waals surface area contributed by atoms with Crippen LogP contribution in [0.2, 0.25) is 0 Å². The number of nitrogens with zero attached hydrogens (tertiary/aromatic N) is 7. The average molecular weight is 315 g/mol. The van der Waals surface area contributed by atoms with E-state index in [0.29, 0.717) is 17.7 Å². The summed E-state index contributed by atoms with van der Waals surface area (Å²) in [4.78, 5) is 6.45.